The van der Waals surface area contributed by atoms with Crippen LogP contribution in [0.15, 0.2) is 18.2 Å². The zero-order chi connectivity index (χ0) is 27.4. The smallest absolute Gasteiger partial charge is 0.379 e. The number of rotatable bonds is 16. The number of nitrogens with zero attached hydrogens (tertiary/aromatic N) is 1. The summed E-state index contributed by atoms with van der Waals surface area (Å²) in [5.74, 6) is -1.28. The van der Waals surface area contributed by atoms with Crippen molar-refractivity contribution in [3.05, 3.63) is 29.3 Å². The zero-order valence-electron chi connectivity index (χ0n) is 21.5. The average molecular weight is 533 g/mol. The number of nitrogens with one attached hydrogen (secondary N) is 1. The molecule has 1 aromatic carbocycles. The minimum absolute atomic E-state index is 0.0732. The van der Waals surface area contributed by atoms with Gasteiger partial charge in [-0.15, -0.1) is 0 Å². The number of benzene rings is 1. The van der Waals surface area contributed by atoms with Gasteiger partial charge in [-0.05, 0) is 38.0 Å². The van der Waals surface area contributed by atoms with Crippen LogP contribution in [0.4, 0.5) is 18.9 Å². The first-order valence-electron chi connectivity index (χ1n) is 12.7. The number of anilines is 1. The molecule has 2 N–H and O–H groups in total. The average Bonchev–Trinajstić information content (AvgIpc) is 2.80. The maximum atomic E-state index is 13.3. The minimum atomic E-state index is -4.82. The lowest BCUT2D eigenvalue weighted by Gasteiger charge is -2.31. The van der Waals surface area contributed by atoms with E-state index in [1.165, 1.54) is 6.07 Å². The van der Waals surface area contributed by atoms with Crippen LogP contribution in [0.2, 0.25) is 0 Å². The molecule has 0 aromatic heterocycles. The molecule has 0 radical (unpaired) electrons. The fraction of sp³-hybridized carbons (Fsp3) is 0.692. The molecule has 36 heavy (non-hydrogen) atoms. The Morgan fingerprint density at radius 3 is 2.14 bits per heavy atom. The molecule has 10 heteroatoms. The second kappa shape index (κ2) is 14.6. The van der Waals surface area contributed by atoms with Gasteiger partial charge in [-0.25, -0.2) is 8.42 Å². The number of alkyl halides is 3. The van der Waals surface area contributed by atoms with Crippen molar-refractivity contribution in [3.8, 4) is 6.07 Å². The molecule has 0 aliphatic carbocycles. The Kier molecular flexibility index (Phi) is 12.9. The van der Waals surface area contributed by atoms with E-state index in [0.29, 0.717) is 25.3 Å². The molecular formula is C26H39F3N2O4S. The van der Waals surface area contributed by atoms with Crippen molar-refractivity contribution in [2.75, 3.05) is 11.1 Å². The Balaban J connectivity index is 3.13. The Morgan fingerprint density at radius 2 is 1.58 bits per heavy atom. The van der Waals surface area contributed by atoms with Gasteiger partial charge in [-0.1, -0.05) is 71.6 Å². The van der Waals surface area contributed by atoms with E-state index in [1.807, 2.05) is 6.92 Å². The number of amides is 1. The fourth-order valence-corrected chi connectivity index (χ4v) is 6.37. The standard InChI is InChI=1S/C26H39F3N2O4S/c1-4-6-8-10-11-12-14-23(36(34,35)17-13-9-7-5-2)25(3,33)24(32)31-21-16-15-20(19-30)22(18-21)26(27,28)29/h15-16,18,23,33H,4-14,17H2,1-3H3,(H,31,32)/t23?,25-/m1/s1. The second-order valence-electron chi connectivity index (χ2n) is 9.44. The molecule has 0 spiro atoms. The molecule has 0 saturated carbocycles. The second-order valence-corrected chi connectivity index (χ2v) is 11.7. The van der Waals surface area contributed by atoms with Crippen LogP contribution in [-0.4, -0.2) is 36.0 Å². The maximum Gasteiger partial charge on any atom is 0.417 e. The third-order valence-electron chi connectivity index (χ3n) is 6.33. The summed E-state index contributed by atoms with van der Waals surface area (Å²) in [6.07, 6.45) is 3.48. The van der Waals surface area contributed by atoms with Crippen LogP contribution in [0.3, 0.4) is 0 Å². The SMILES string of the molecule is CCCCCCCCC([C@@](C)(O)C(=O)Nc1ccc(C#N)c(C(F)(F)F)c1)S(=O)(=O)CCCCCC. The number of halogens is 3. The van der Waals surface area contributed by atoms with Gasteiger partial charge < -0.3 is 10.4 Å². The largest absolute Gasteiger partial charge is 0.417 e. The van der Waals surface area contributed by atoms with E-state index in [2.05, 4.69) is 12.2 Å². The van der Waals surface area contributed by atoms with E-state index in [-0.39, 0.29) is 17.9 Å². The highest BCUT2D eigenvalue weighted by molar-refractivity contribution is 7.92. The van der Waals surface area contributed by atoms with Crippen LogP contribution < -0.4 is 5.32 Å². The lowest BCUT2D eigenvalue weighted by molar-refractivity contribution is -0.138. The van der Waals surface area contributed by atoms with Gasteiger partial charge in [-0.3, -0.25) is 4.79 Å². The van der Waals surface area contributed by atoms with Crippen molar-refractivity contribution in [2.45, 2.75) is 108 Å². The van der Waals surface area contributed by atoms with E-state index >= 15 is 0 Å². The number of nitriles is 1. The molecular weight excluding hydrogens is 493 g/mol. The molecule has 0 bridgehead atoms. The van der Waals surface area contributed by atoms with Gasteiger partial charge in [0.2, 0.25) is 0 Å². The van der Waals surface area contributed by atoms with E-state index in [1.54, 1.807) is 0 Å². The summed E-state index contributed by atoms with van der Waals surface area (Å²) in [4.78, 5) is 13.0. The van der Waals surface area contributed by atoms with Gasteiger partial charge in [0.15, 0.2) is 15.4 Å². The molecule has 2 atom stereocenters. The third kappa shape index (κ3) is 9.74. The lowest BCUT2D eigenvalue weighted by atomic mass is 9.95. The first-order valence-corrected chi connectivity index (χ1v) is 14.4. The van der Waals surface area contributed by atoms with Gasteiger partial charge in [0.1, 0.15) is 0 Å². The molecule has 0 heterocycles. The van der Waals surface area contributed by atoms with Crippen molar-refractivity contribution in [3.63, 3.8) is 0 Å². The highest BCUT2D eigenvalue weighted by Crippen LogP contribution is 2.34. The van der Waals surface area contributed by atoms with Crippen LogP contribution in [0.1, 0.15) is 103 Å². The maximum absolute atomic E-state index is 13.3. The first kappa shape index (κ1) is 31.9. The topological polar surface area (TPSA) is 107 Å². The van der Waals surface area contributed by atoms with Gasteiger partial charge >= 0.3 is 6.18 Å². The molecule has 1 aromatic rings. The highest BCUT2D eigenvalue weighted by atomic mass is 32.2. The normalized spacial score (nSPS) is 14.6. The number of hydrogen-bond acceptors (Lipinski definition) is 5. The number of sulfone groups is 1. The fourth-order valence-electron chi connectivity index (χ4n) is 4.15. The molecule has 0 fully saturated rings. The summed E-state index contributed by atoms with van der Waals surface area (Å²) < 4.78 is 66.3. The van der Waals surface area contributed by atoms with Crippen molar-refractivity contribution in [1.82, 2.24) is 0 Å². The van der Waals surface area contributed by atoms with Crippen molar-refractivity contribution >= 4 is 21.4 Å². The van der Waals surface area contributed by atoms with Gasteiger partial charge in [0.25, 0.3) is 5.91 Å². The number of unbranched alkanes of at least 4 members (excludes halogenated alkanes) is 8. The van der Waals surface area contributed by atoms with Crippen LogP contribution >= 0.6 is 0 Å². The number of hydrogen-bond donors (Lipinski definition) is 2. The number of carbonyl (C=O) groups excluding carboxylic acids is 1. The zero-order valence-corrected chi connectivity index (χ0v) is 22.3. The Bertz CT molecular complexity index is 986. The molecule has 0 saturated heterocycles. The van der Waals surface area contributed by atoms with E-state index < -0.39 is 43.9 Å². The van der Waals surface area contributed by atoms with Crippen molar-refractivity contribution in [1.29, 1.82) is 5.26 Å². The summed E-state index contributed by atoms with van der Waals surface area (Å²) in [7, 11) is -3.87. The molecule has 6 nitrogen and oxygen atoms in total. The lowest BCUT2D eigenvalue weighted by Crippen LogP contribution is -2.53. The van der Waals surface area contributed by atoms with Gasteiger partial charge in [0, 0.05) is 5.69 Å². The first-order chi connectivity index (χ1) is 16.8. The molecule has 1 amide bonds. The van der Waals surface area contributed by atoms with Gasteiger partial charge in [0.05, 0.1) is 28.2 Å². The summed E-state index contributed by atoms with van der Waals surface area (Å²) in [6.45, 7) is 5.18. The Morgan fingerprint density at radius 1 is 1.03 bits per heavy atom. The third-order valence-corrected chi connectivity index (χ3v) is 8.75. The van der Waals surface area contributed by atoms with Crippen LogP contribution in [0, 0.1) is 11.3 Å². The molecule has 1 unspecified atom stereocenters. The quantitative estimate of drug-likeness (QED) is 0.240. The Labute approximate surface area is 213 Å². The molecule has 0 aliphatic heterocycles. The number of aliphatic hydroxyl groups is 1. The predicted octanol–water partition coefficient (Wildman–Crippen LogP) is 6.38. The van der Waals surface area contributed by atoms with Crippen LogP contribution in [0.5, 0.6) is 0 Å². The van der Waals surface area contributed by atoms with Crippen LogP contribution in [-0.2, 0) is 20.8 Å². The molecule has 0 aliphatic rings. The van der Waals surface area contributed by atoms with Crippen LogP contribution in [0.25, 0.3) is 0 Å². The predicted molar refractivity (Wildman–Crippen MR) is 135 cm³/mol. The molecule has 204 valence electrons. The summed E-state index contributed by atoms with van der Waals surface area (Å²) in [5, 5.41) is 20.9. The minimum Gasteiger partial charge on any atom is -0.379 e. The summed E-state index contributed by atoms with van der Waals surface area (Å²) in [5.41, 5.74) is -4.48. The van der Waals surface area contributed by atoms with Crippen molar-refractivity contribution < 1.29 is 31.5 Å². The monoisotopic (exact) mass is 532 g/mol. The van der Waals surface area contributed by atoms with E-state index in [9.17, 15) is 31.5 Å². The summed E-state index contributed by atoms with van der Waals surface area (Å²) in [6, 6.07) is 4.10. The Hall–Kier alpha value is -2.12. The molecule has 1 rings (SSSR count). The van der Waals surface area contributed by atoms with Crippen molar-refractivity contribution in [2.24, 2.45) is 0 Å². The highest BCUT2D eigenvalue weighted by Gasteiger charge is 2.46. The van der Waals surface area contributed by atoms with E-state index in [4.69, 9.17) is 5.26 Å². The van der Waals surface area contributed by atoms with Gasteiger partial charge in [-0.2, -0.15) is 18.4 Å². The number of carbonyl (C=O) groups is 1. The van der Waals surface area contributed by atoms with E-state index in [0.717, 1.165) is 64.0 Å². The summed E-state index contributed by atoms with van der Waals surface area (Å²) >= 11 is 0.